The van der Waals surface area contributed by atoms with Crippen molar-refractivity contribution in [2.45, 2.75) is 64.6 Å². The fourth-order valence-electron chi connectivity index (χ4n) is 3.29. The molecule has 6 heteroatoms. The Hall–Kier alpha value is -0.860. The van der Waals surface area contributed by atoms with E-state index >= 15 is 0 Å². The van der Waals surface area contributed by atoms with Gasteiger partial charge in [-0.05, 0) is 53.0 Å². The third kappa shape index (κ3) is 8.35. The molecule has 0 bridgehead atoms. The van der Waals surface area contributed by atoms with Crippen LogP contribution in [0.4, 0.5) is 0 Å². The lowest BCUT2D eigenvalue weighted by Crippen LogP contribution is -2.54. The highest BCUT2D eigenvalue weighted by Gasteiger charge is 2.34. The first kappa shape index (κ1) is 24.2. The molecular formula is C21H37IN4O. The van der Waals surface area contributed by atoms with E-state index in [4.69, 9.17) is 9.73 Å². The fourth-order valence-corrected chi connectivity index (χ4v) is 3.29. The first-order valence-electron chi connectivity index (χ1n) is 9.80. The standard InChI is InChI=1S/C21H36N4O.HI/c1-6-22-19(25-20(3,4)5)23-16-21(12-14-26-15-13-21)24-17(2)18-10-8-7-9-11-18;/h7-11,17,24H,6,12-16H2,1-5H3,(H2,22,23,25);1H. The summed E-state index contributed by atoms with van der Waals surface area (Å²) < 4.78 is 5.63. The molecule has 1 aliphatic heterocycles. The molecule has 154 valence electrons. The Morgan fingerprint density at radius 3 is 2.37 bits per heavy atom. The van der Waals surface area contributed by atoms with Gasteiger partial charge in [-0.15, -0.1) is 24.0 Å². The molecular weight excluding hydrogens is 451 g/mol. The molecule has 1 aliphatic rings. The van der Waals surface area contributed by atoms with E-state index in [2.05, 4.69) is 80.9 Å². The molecule has 1 saturated heterocycles. The van der Waals surface area contributed by atoms with Crippen molar-refractivity contribution in [2.75, 3.05) is 26.3 Å². The molecule has 5 nitrogen and oxygen atoms in total. The van der Waals surface area contributed by atoms with Gasteiger partial charge in [0.05, 0.1) is 6.54 Å². The predicted molar refractivity (Wildman–Crippen MR) is 125 cm³/mol. The molecule has 0 aliphatic carbocycles. The molecule has 0 saturated carbocycles. The maximum atomic E-state index is 5.63. The third-order valence-electron chi connectivity index (χ3n) is 4.65. The number of hydrogen-bond donors (Lipinski definition) is 3. The Bertz CT molecular complexity index is 565. The van der Waals surface area contributed by atoms with Gasteiger partial charge in [0, 0.05) is 36.9 Å². The first-order chi connectivity index (χ1) is 12.3. The van der Waals surface area contributed by atoms with Gasteiger partial charge >= 0.3 is 0 Å². The van der Waals surface area contributed by atoms with Gasteiger partial charge in [-0.3, -0.25) is 4.99 Å². The smallest absolute Gasteiger partial charge is 0.191 e. The van der Waals surface area contributed by atoms with Crippen molar-refractivity contribution >= 4 is 29.9 Å². The minimum absolute atomic E-state index is 0. The number of ether oxygens (including phenoxy) is 1. The van der Waals surface area contributed by atoms with E-state index < -0.39 is 0 Å². The van der Waals surface area contributed by atoms with E-state index in [0.29, 0.717) is 0 Å². The summed E-state index contributed by atoms with van der Waals surface area (Å²) in [5, 5.41) is 10.7. The molecule has 1 unspecified atom stereocenters. The Balaban J connectivity index is 0.00000364. The van der Waals surface area contributed by atoms with Crippen LogP contribution in [-0.4, -0.2) is 43.3 Å². The number of nitrogens with zero attached hydrogens (tertiary/aromatic N) is 1. The van der Waals surface area contributed by atoms with E-state index in [9.17, 15) is 0 Å². The van der Waals surface area contributed by atoms with Crippen molar-refractivity contribution in [1.29, 1.82) is 0 Å². The fraction of sp³-hybridized carbons (Fsp3) is 0.667. The Morgan fingerprint density at radius 2 is 1.81 bits per heavy atom. The summed E-state index contributed by atoms with van der Waals surface area (Å²) in [6.07, 6.45) is 1.95. The summed E-state index contributed by atoms with van der Waals surface area (Å²) in [6.45, 7) is 13.9. The highest BCUT2D eigenvalue weighted by atomic mass is 127. The summed E-state index contributed by atoms with van der Waals surface area (Å²) in [5.74, 6) is 0.875. The quantitative estimate of drug-likeness (QED) is 0.324. The maximum absolute atomic E-state index is 5.63. The van der Waals surface area contributed by atoms with E-state index in [1.807, 2.05) is 0 Å². The molecule has 3 N–H and O–H groups in total. The summed E-state index contributed by atoms with van der Waals surface area (Å²) in [4.78, 5) is 4.92. The average Bonchev–Trinajstić information content (AvgIpc) is 2.60. The topological polar surface area (TPSA) is 57.7 Å². The second-order valence-corrected chi connectivity index (χ2v) is 8.24. The van der Waals surface area contributed by atoms with E-state index in [0.717, 1.165) is 45.1 Å². The SMILES string of the molecule is CCNC(=NCC1(NC(C)c2ccccc2)CCOCC1)NC(C)(C)C.I. The second kappa shape index (κ2) is 11.2. The summed E-state index contributed by atoms with van der Waals surface area (Å²) in [5.41, 5.74) is 1.25. The minimum Gasteiger partial charge on any atom is -0.381 e. The first-order valence-corrected chi connectivity index (χ1v) is 9.80. The van der Waals surface area contributed by atoms with Gasteiger partial charge in [0.2, 0.25) is 0 Å². The number of benzene rings is 1. The molecule has 1 atom stereocenters. The Labute approximate surface area is 182 Å². The van der Waals surface area contributed by atoms with Crippen LogP contribution in [0.3, 0.4) is 0 Å². The molecule has 2 rings (SSSR count). The maximum Gasteiger partial charge on any atom is 0.191 e. The zero-order valence-electron chi connectivity index (χ0n) is 17.5. The van der Waals surface area contributed by atoms with Crippen LogP contribution in [0.25, 0.3) is 0 Å². The van der Waals surface area contributed by atoms with E-state index in [-0.39, 0.29) is 41.1 Å². The number of hydrogen-bond acceptors (Lipinski definition) is 3. The molecule has 1 fully saturated rings. The second-order valence-electron chi connectivity index (χ2n) is 8.24. The van der Waals surface area contributed by atoms with Gasteiger partial charge in [-0.2, -0.15) is 0 Å². The monoisotopic (exact) mass is 488 g/mol. The molecule has 0 radical (unpaired) electrons. The summed E-state index contributed by atoms with van der Waals surface area (Å²) in [6, 6.07) is 10.9. The normalized spacial score (nSPS) is 18.3. The van der Waals surface area contributed by atoms with Crippen molar-refractivity contribution in [3.05, 3.63) is 35.9 Å². The van der Waals surface area contributed by atoms with Gasteiger partial charge in [0.15, 0.2) is 5.96 Å². The van der Waals surface area contributed by atoms with Gasteiger partial charge in [-0.25, -0.2) is 0 Å². The van der Waals surface area contributed by atoms with Crippen LogP contribution < -0.4 is 16.0 Å². The van der Waals surface area contributed by atoms with Crippen LogP contribution in [0.2, 0.25) is 0 Å². The van der Waals surface area contributed by atoms with E-state index in [1.165, 1.54) is 5.56 Å². The molecule has 1 aromatic carbocycles. The molecule has 0 amide bonds. The Kier molecular flexibility index (Phi) is 10.0. The van der Waals surface area contributed by atoms with Crippen molar-refractivity contribution in [3.63, 3.8) is 0 Å². The zero-order valence-corrected chi connectivity index (χ0v) is 19.8. The van der Waals surface area contributed by atoms with Gasteiger partial charge in [-0.1, -0.05) is 30.3 Å². The molecule has 1 aromatic rings. The van der Waals surface area contributed by atoms with Crippen molar-refractivity contribution in [2.24, 2.45) is 4.99 Å². The summed E-state index contributed by atoms with van der Waals surface area (Å²) >= 11 is 0. The molecule has 1 heterocycles. The largest absolute Gasteiger partial charge is 0.381 e. The van der Waals surface area contributed by atoms with Crippen LogP contribution >= 0.6 is 24.0 Å². The van der Waals surface area contributed by atoms with Crippen LogP contribution in [0, 0.1) is 0 Å². The highest BCUT2D eigenvalue weighted by molar-refractivity contribution is 14.0. The van der Waals surface area contributed by atoms with E-state index in [1.54, 1.807) is 0 Å². The average molecular weight is 488 g/mol. The number of guanidine groups is 1. The molecule has 27 heavy (non-hydrogen) atoms. The number of halogens is 1. The van der Waals surface area contributed by atoms with Crippen molar-refractivity contribution in [1.82, 2.24) is 16.0 Å². The molecule has 0 aromatic heterocycles. The number of nitrogens with one attached hydrogen (secondary N) is 3. The van der Waals surface area contributed by atoms with Crippen molar-refractivity contribution in [3.8, 4) is 0 Å². The van der Waals surface area contributed by atoms with Gasteiger partial charge in [0.1, 0.15) is 0 Å². The third-order valence-corrected chi connectivity index (χ3v) is 4.65. The van der Waals surface area contributed by atoms with Crippen molar-refractivity contribution < 1.29 is 4.74 Å². The minimum atomic E-state index is -0.0340. The van der Waals surface area contributed by atoms with Crippen LogP contribution in [0.5, 0.6) is 0 Å². The zero-order chi connectivity index (χ0) is 19.0. The van der Waals surface area contributed by atoms with Gasteiger partial charge in [0.25, 0.3) is 0 Å². The molecule has 0 spiro atoms. The van der Waals surface area contributed by atoms with Crippen LogP contribution in [-0.2, 0) is 4.74 Å². The highest BCUT2D eigenvalue weighted by Crippen LogP contribution is 2.26. The summed E-state index contributed by atoms with van der Waals surface area (Å²) in [7, 11) is 0. The number of rotatable bonds is 6. The van der Waals surface area contributed by atoms with Gasteiger partial charge < -0.3 is 20.7 Å². The Morgan fingerprint density at radius 1 is 1.19 bits per heavy atom. The van der Waals surface area contributed by atoms with Crippen LogP contribution in [0.15, 0.2) is 35.3 Å². The van der Waals surface area contributed by atoms with Crippen LogP contribution in [0.1, 0.15) is 59.1 Å². The lowest BCUT2D eigenvalue weighted by Gasteiger charge is -2.39. The lowest BCUT2D eigenvalue weighted by atomic mass is 9.88. The lowest BCUT2D eigenvalue weighted by molar-refractivity contribution is 0.0374. The number of aliphatic imine (C=N–C) groups is 1. The predicted octanol–water partition coefficient (Wildman–Crippen LogP) is 3.86.